The topological polar surface area (TPSA) is 34.6 Å². The van der Waals surface area contributed by atoms with Gasteiger partial charge >= 0.3 is 6.61 Å². The molecular weight excluding hydrogens is 254 g/mol. The number of alkyl halides is 2. The van der Waals surface area contributed by atoms with Gasteiger partial charge in [0.1, 0.15) is 11.6 Å². The monoisotopic (exact) mass is 270 g/mol. The van der Waals surface area contributed by atoms with Crippen LogP contribution in [0.1, 0.15) is 6.42 Å². The first-order chi connectivity index (χ1) is 9.19. The van der Waals surface area contributed by atoms with Gasteiger partial charge in [-0.1, -0.05) is 6.08 Å². The highest BCUT2D eigenvalue weighted by atomic mass is 19.3. The number of hydrogen-bond donors (Lipinski definition) is 0. The van der Waals surface area contributed by atoms with E-state index in [0.717, 1.165) is 25.3 Å². The molecule has 0 bridgehead atoms. The zero-order valence-electron chi connectivity index (χ0n) is 10.5. The molecule has 19 heavy (non-hydrogen) atoms. The molecule has 0 radical (unpaired) electrons. The molecular formula is C13H16F2N2O2. The third kappa shape index (κ3) is 3.89. The van der Waals surface area contributed by atoms with E-state index in [2.05, 4.69) is 21.2 Å². The van der Waals surface area contributed by atoms with E-state index in [0.29, 0.717) is 6.61 Å². The molecule has 1 fully saturated rings. The lowest BCUT2D eigenvalue weighted by atomic mass is 10.3. The number of anilines is 1. The molecule has 1 aromatic rings. The molecule has 0 amide bonds. The predicted octanol–water partition coefficient (Wildman–Crippen LogP) is 2.46. The van der Waals surface area contributed by atoms with E-state index < -0.39 is 6.61 Å². The Kier molecular flexibility index (Phi) is 4.68. The van der Waals surface area contributed by atoms with Crippen LogP contribution in [0.15, 0.2) is 31.0 Å². The van der Waals surface area contributed by atoms with Crippen LogP contribution in [-0.4, -0.2) is 37.4 Å². The van der Waals surface area contributed by atoms with Gasteiger partial charge in [-0.2, -0.15) is 8.78 Å². The highest BCUT2D eigenvalue weighted by molar-refractivity contribution is 5.42. The number of pyridine rings is 1. The van der Waals surface area contributed by atoms with Crippen molar-refractivity contribution in [3.8, 4) is 5.75 Å². The van der Waals surface area contributed by atoms with E-state index in [9.17, 15) is 8.78 Å². The van der Waals surface area contributed by atoms with Crippen molar-refractivity contribution in [3.05, 3.63) is 31.0 Å². The molecule has 1 saturated heterocycles. The van der Waals surface area contributed by atoms with Gasteiger partial charge in [0.25, 0.3) is 0 Å². The molecule has 1 aliphatic heterocycles. The van der Waals surface area contributed by atoms with Gasteiger partial charge in [-0.15, -0.1) is 6.58 Å². The molecule has 0 aliphatic carbocycles. The molecule has 0 aromatic carbocycles. The fourth-order valence-electron chi connectivity index (χ4n) is 2.01. The van der Waals surface area contributed by atoms with Gasteiger partial charge in [0.2, 0.25) is 0 Å². The third-order valence-electron chi connectivity index (χ3n) is 2.86. The van der Waals surface area contributed by atoms with Crippen LogP contribution < -0.4 is 9.64 Å². The van der Waals surface area contributed by atoms with E-state index in [1.54, 1.807) is 12.1 Å². The molecule has 0 N–H and O–H groups in total. The van der Waals surface area contributed by atoms with E-state index in [4.69, 9.17) is 4.74 Å². The minimum atomic E-state index is -2.82. The van der Waals surface area contributed by atoms with Crippen LogP contribution >= 0.6 is 0 Å². The van der Waals surface area contributed by atoms with E-state index in [1.165, 1.54) is 12.3 Å². The first-order valence-electron chi connectivity index (χ1n) is 6.07. The fourth-order valence-corrected chi connectivity index (χ4v) is 2.01. The molecule has 0 spiro atoms. The zero-order valence-corrected chi connectivity index (χ0v) is 10.5. The van der Waals surface area contributed by atoms with Crippen molar-refractivity contribution in [1.29, 1.82) is 0 Å². The lowest BCUT2D eigenvalue weighted by Gasteiger charge is -2.17. The number of halogens is 2. The predicted molar refractivity (Wildman–Crippen MR) is 67.6 cm³/mol. The Hall–Kier alpha value is -1.69. The molecule has 4 nitrogen and oxygen atoms in total. The summed E-state index contributed by atoms with van der Waals surface area (Å²) in [5.74, 6) is 0.809. The molecule has 0 saturated carbocycles. The average molecular weight is 270 g/mol. The van der Waals surface area contributed by atoms with Gasteiger partial charge in [0.05, 0.1) is 18.9 Å². The number of rotatable bonds is 6. The van der Waals surface area contributed by atoms with E-state index in [1.807, 2.05) is 0 Å². The summed E-state index contributed by atoms with van der Waals surface area (Å²) in [6.07, 6.45) is 4.11. The minimum Gasteiger partial charge on any atom is -0.433 e. The normalized spacial score (nSPS) is 18.9. The number of ether oxygens (including phenoxy) is 2. The van der Waals surface area contributed by atoms with Crippen LogP contribution in [0.3, 0.4) is 0 Å². The summed E-state index contributed by atoms with van der Waals surface area (Å²) in [5.41, 5.74) is 0. The number of aromatic nitrogens is 1. The Balaban J connectivity index is 1.90. The van der Waals surface area contributed by atoms with Crippen LogP contribution in [0.2, 0.25) is 0 Å². The zero-order chi connectivity index (χ0) is 13.7. The van der Waals surface area contributed by atoms with Gasteiger partial charge in [-0.3, -0.25) is 0 Å². The van der Waals surface area contributed by atoms with Crippen LogP contribution in [0.5, 0.6) is 5.75 Å². The van der Waals surface area contributed by atoms with Gasteiger partial charge < -0.3 is 14.4 Å². The highest BCUT2D eigenvalue weighted by Gasteiger charge is 2.23. The van der Waals surface area contributed by atoms with Crippen LogP contribution in [-0.2, 0) is 4.74 Å². The Morgan fingerprint density at radius 3 is 3.00 bits per heavy atom. The first-order valence-corrected chi connectivity index (χ1v) is 6.07. The van der Waals surface area contributed by atoms with Crippen molar-refractivity contribution in [2.24, 2.45) is 0 Å². The van der Waals surface area contributed by atoms with Crippen molar-refractivity contribution in [2.75, 3.05) is 24.6 Å². The second-order valence-corrected chi connectivity index (χ2v) is 4.21. The highest BCUT2D eigenvalue weighted by Crippen LogP contribution is 2.22. The molecule has 2 rings (SSSR count). The first kappa shape index (κ1) is 13.7. The maximum absolute atomic E-state index is 12.0. The average Bonchev–Trinajstić information content (AvgIpc) is 2.85. The van der Waals surface area contributed by atoms with Crippen LogP contribution in [0.4, 0.5) is 14.6 Å². The Labute approximate surface area is 110 Å². The Morgan fingerprint density at radius 1 is 1.53 bits per heavy atom. The molecule has 6 heteroatoms. The van der Waals surface area contributed by atoms with Crippen molar-refractivity contribution in [3.63, 3.8) is 0 Å². The number of nitrogens with zero attached hydrogens (tertiary/aromatic N) is 2. The van der Waals surface area contributed by atoms with E-state index >= 15 is 0 Å². The maximum atomic E-state index is 12.0. The molecule has 1 aliphatic rings. The number of hydrogen-bond acceptors (Lipinski definition) is 4. The Bertz CT molecular complexity index is 412. The lowest BCUT2D eigenvalue weighted by Crippen LogP contribution is -2.23. The van der Waals surface area contributed by atoms with Crippen LogP contribution in [0, 0.1) is 0 Å². The summed E-state index contributed by atoms with van der Waals surface area (Å²) in [7, 11) is 0. The minimum absolute atomic E-state index is 0.0670. The standard InChI is InChI=1S/C13H16F2N2O2/c1-2-7-18-11-5-6-17(9-11)12-4-3-10(8-16-12)19-13(14)15/h2-4,8,11,13H,1,5-7,9H2. The Morgan fingerprint density at radius 2 is 2.37 bits per heavy atom. The summed E-state index contributed by atoms with van der Waals surface area (Å²) in [6.45, 7) is 2.90. The van der Waals surface area contributed by atoms with Crippen LogP contribution in [0.25, 0.3) is 0 Å². The van der Waals surface area contributed by atoms with E-state index in [-0.39, 0.29) is 11.9 Å². The third-order valence-corrected chi connectivity index (χ3v) is 2.86. The van der Waals surface area contributed by atoms with Gasteiger partial charge in [-0.05, 0) is 18.6 Å². The van der Waals surface area contributed by atoms with Gasteiger partial charge in [0.15, 0.2) is 0 Å². The molecule has 1 aromatic heterocycles. The van der Waals surface area contributed by atoms with Gasteiger partial charge in [0, 0.05) is 13.1 Å². The van der Waals surface area contributed by atoms with Crippen molar-refractivity contribution in [2.45, 2.75) is 19.1 Å². The van der Waals surface area contributed by atoms with Gasteiger partial charge in [-0.25, -0.2) is 4.98 Å². The summed E-state index contributed by atoms with van der Waals surface area (Å²) in [5, 5.41) is 0. The molecule has 2 heterocycles. The SMILES string of the molecule is C=CCOC1CCN(c2ccc(OC(F)F)cn2)C1. The second kappa shape index (κ2) is 6.47. The molecule has 104 valence electrons. The summed E-state index contributed by atoms with van der Waals surface area (Å²) in [6, 6.07) is 3.17. The fraction of sp³-hybridized carbons (Fsp3) is 0.462. The van der Waals surface area contributed by atoms with Crippen molar-refractivity contribution in [1.82, 2.24) is 4.98 Å². The smallest absolute Gasteiger partial charge is 0.387 e. The summed E-state index contributed by atoms with van der Waals surface area (Å²) in [4.78, 5) is 6.18. The van der Waals surface area contributed by atoms with Crippen molar-refractivity contribution < 1.29 is 18.3 Å². The molecule has 1 atom stereocenters. The maximum Gasteiger partial charge on any atom is 0.387 e. The second-order valence-electron chi connectivity index (χ2n) is 4.21. The largest absolute Gasteiger partial charge is 0.433 e. The molecule has 1 unspecified atom stereocenters. The summed E-state index contributed by atoms with van der Waals surface area (Å²) >= 11 is 0. The van der Waals surface area contributed by atoms with Crippen molar-refractivity contribution >= 4 is 5.82 Å². The lowest BCUT2D eigenvalue weighted by molar-refractivity contribution is -0.0500. The summed E-state index contributed by atoms with van der Waals surface area (Å²) < 4.78 is 33.8. The quantitative estimate of drug-likeness (QED) is 0.744.